The van der Waals surface area contributed by atoms with E-state index >= 15 is 0 Å². The topological polar surface area (TPSA) is 24.1 Å². The van der Waals surface area contributed by atoms with Crippen molar-refractivity contribution in [3.05, 3.63) is 29.3 Å². The Balaban J connectivity index is 1.88. The van der Waals surface area contributed by atoms with Gasteiger partial charge in [-0.15, -0.1) is 0 Å². The van der Waals surface area contributed by atoms with Gasteiger partial charge in [0.2, 0.25) is 0 Å². The number of hydrogen-bond donors (Lipinski definition) is 2. The van der Waals surface area contributed by atoms with Crippen molar-refractivity contribution < 1.29 is 0 Å². The summed E-state index contributed by atoms with van der Waals surface area (Å²) in [6.45, 7) is 1.21. The van der Waals surface area contributed by atoms with Gasteiger partial charge < -0.3 is 10.6 Å². The Morgan fingerprint density at radius 3 is 3.11 bits per heavy atom. The van der Waals surface area contributed by atoms with Gasteiger partial charge in [-0.3, -0.25) is 0 Å². The van der Waals surface area contributed by atoms with Gasteiger partial charge in [-0.1, -0.05) is 18.9 Å². The van der Waals surface area contributed by atoms with Gasteiger partial charge in [0.05, 0.1) is 0 Å². The first-order valence-corrected chi connectivity index (χ1v) is 7.88. The summed E-state index contributed by atoms with van der Waals surface area (Å²) in [6, 6.07) is 7.80. The predicted octanol–water partition coefficient (Wildman–Crippen LogP) is 3.07. The van der Waals surface area contributed by atoms with E-state index < -0.39 is 0 Å². The quantitative estimate of drug-likeness (QED) is 0.807. The first-order chi connectivity index (χ1) is 9.33. The highest BCUT2D eigenvalue weighted by atomic mass is 15.0. The lowest BCUT2D eigenvalue weighted by Crippen LogP contribution is -2.59. The average Bonchev–Trinajstić information content (AvgIpc) is 2.47. The van der Waals surface area contributed by atoms with E-state index in [-0.39, 0.29) is 0 Å². The van der Waals surface area contributed by atoms with Crippen molar-refractivity contribution in [2.75, 3.05) is 18.9 Å². The second kappa shape index (κ2) is 4.24. The molecule has 19 heavy (non-hydrogen) atoms. The van der Waals surface area contributed by atoms with Crippen LogP contribution < -0.4 is 10.6 Å². The van der Waals surface area contributed by atoms with Crippen molar-refractivity contribution in [3.8, 4) is 0 Å². The maximum absolute atomic E-state index is 3.80. The molecular formula is C17H24N2. The minimum atomic E-state index is 0.495. The van der Waals surface area contributed by atoms with E-state index in [2.05, 4.69) is 28.8 Å². The van der Waals surface area contributed by atoms with Gasteiger partial charge in [-0.2, -0.15) is 0 Å². The lowest BCUT2D eigenvalue weighted by atomic mass is 9.53. The van der Waals surface area contributed by atoms with Crippen LogP contribution in [0.25, 0.3) is 0 Å². The highest BCUT2D eigenvalue weighted by Crippen LogP contribution is 2.54. The maximum atomic E-state index is 3.80. The van der Waals surface area contributed by atoms with Gasteiger partial charge in [0, 0.05) is 24.2 Å². The summed E-state index contributed by atoms with van der Waals surface area (Å²) in [5.41, 5.74) is 5.07. The second-order valence-electron chi connectivity index (χ2n) is 6.65. The fraction of sp³-hybridized carbons (Fsp3) is 0.647. The molecule has 1 heterocycles. The maximum Gasteiger partial charge on any atom is 0.0340 e. The van der Waals surface area contributed by atoms with Crippen molar-refractivity contribution in [2.45, 2.75) is 50.0 Å². The highest BCUT2D eigenvalue weighted by molar-refractivity contribution is 5.53. The van der Waals surface area contributed by atoms with Gasteiger partial charge in [0.1, 0.15) is 0 Å². The van der Waals surface area contributed by atoms with Crippen LogP contribution in [0.3, 0.4) is 0 Å². The molecule has 0 unspecified atom stereocenters. The molecule has 3 atom stereocenters. The van der Waals surface area contributed by atoms with E-state index in [1.54, 1.807) is 11.1 Å². The summed E-state index contributed by atoms with van der Waals surface area (Å²) in [6.07, 6.45) is 8.29. The van der Waals surface area contributed by atoms with Crippen LogP contribution in [0.15, 0.2) is 18.2 Å². The average molecular weight is 256 g/mol. The van der Waals surface area contributed by atoms with Crippen molar-refractivity contribution in [1.82, 2.24) is 5.32 Å². The first kappa shape index (κ1) is 11.8. The van der Waals surface area contributed by atoms with E-state index in [9.17, 15) is 0 Å². The number of rotatable bonds is 1. The number of benzene rings is 1. The molecule has 1 aromatic rings. The van der Waals surface area contributed by atoms with Crippen molar-refractivity contribution in [2.24, 2.45) is 5.92 Å². The molecule has 3 aliphatic rings. The first-order valence-electron chi connectivity index (χ1n) is 7.88. The number of nitrogens with one attached hydrogen (secondary N) is 2. The predicted molar refractivity (Wildman–Crippen MR) is 79.7 cm³/mol. The molecule has 0 amide bonds. The summed E-state index contributed by atoms with van der Waals surface area (Å²) < 4.78 is 0. The third-order valence-electron chi connectivity index (χ3n) is 5.94. The Kier molecular flexibility index (Phi) is 2.63. The van der Waals surface area contributed by atoms with Crippen LogP contribution >= 0.6 is 0 Å². The van der Waals surface area contributed by atoms with E-state index in [0.29, 0.717) is 5.41 Å². The van der Waals surface area contributed by atoms with E-state index in [1.165, 1.54) is 50.8 Å². The standard InChI is InChI=1S/C17H24N2/c1-18-13-6-5-12-10-16-14-4-2-3-7-17(14,8-9-19-16)15(12)11-13/h5-6,11,14,16,18-19H,2-4,7-10H2,1H3/t14-,16+,17+/m0/s1. The van der Waals surface area contributed by atoms with E-state index in [4.69, 9.17) is 0 Å². The zero-order valence-electron chi connectivity index (χ0n) is 11.8. The number of fused-ring (bicyclic) bond motifs is 1. The van der Waals surface area contributed by atoms with Gasteiger partial charge in [0.15, 0.2) is 0 Å². The third-order valence-corrected chi connectivity index (χ3v) is 5.94. The normalized spacial score (nSPS) is 36.3. The molecule has 1 aromatic carbocycles. The minimum absolute atomic E-state index is 0.495. The summed E-state index contributed by atoms with van der Waals surface area (Å²) in [5, 5.41) is 7.13. The van der Waals surface area contributed by atoms with Crippen LogP contribution in [0.4, 0.5) is 5.69 Å². The molecule has 0 spiro atoms. The molecule has 2 aliphatic carbocycles. The fourth-order valence-corrected chi connectivity index (χ4v) is 5.08. The number of anilines is 1. The molecule has 1 saturated carbocycles. The van der Waals surface area contributed by atoms with Gasteiger partial charge >= 0.3 is 0 Å². The fourth-order valence-electron chi connectivity index (χ4n) is 5.08. The molecule has 0 radical (unpaired) electrons. The molecule has 1 aliphatic heterocycles. The Hall–Kier alpha value is -1.02. The molecule has 2 N–H and O–H groups in total. The van der Waals surface area contributed by atoms with Crippen LogP contribution in [-0.2, 0) is 11.8 Å². The van der Waals surface area contributed by atoms with Crippen LogP contribution in [-0.4, -0.2) is 19.6 Å². The van der Waals surface area contributed by atoms with Gasteiger partial charge in [-0.25, -0.2) is 0 Å². The summed E-state index contributed by atoms with van der Waals surface area (Å²) in [4.78, 5) is 0. The summed E-state index contributed by atoms with van der Waals surface area (Å²) >= 11 is 0. The van der Waals surface area contributed by atoms with Gasteiger partial charge in [0.25, 0.3) is 0 Å². The zero-order chi connectivity index (χ0) is 12.9. The Bertz CT molecular complexity index is 492. The molecule has 2 bridgehead atoms. The second-order valence-corrected chi connectivity index (χ2v) is 6.65. The van der Waals surface area contributed by atoms with E-state index in [0.717, 1.165) is 12.0 Å². The van der Waals surface area contributed by atoms with E-state index in [1.807, 2.05) is 7.05 Å². The minimum Gasteiger partial charge on any atom is -0.388 e. The Morgan fingerprint density at radius 2 is 2.21 bits per heavy atom. The lowest BCUT2D eigenvalue weighted by molar-refractivity contribution is 0.0798. The summed E-state index contributed by atoms with van der Waals surface area (Å²) in [5.74, 6) is 0.884. The van der Waals surface area contributed by atoms with Crippen molar-refractivity contribution >= 4 is 5.69 Å². The Labute approximate surface area is 116 Å². The largest absolute Gasteiger partial charge is 0.388 e. The number of hydrogen-bond acceptors (Lipinski definition) is 2. The molecule has 2 nitrogen and oxygen atoms in total. The molecule has 2 heteroatoms. The van der Waals surface area contributed by atoms with Crippen LogP contribution in [0, 0.1) is 5.92 Å². The molecule has 0 aromatic heterocycles. The molecule has 4 rings (SSSR count). The third kappa shape index (κ3) is 1.59. The van der Waals surface area contributed by atoms with Crippen molar-refractivity contribution in [3.63, 3.8) is 0 Å². The SMILES string of the molecule is CNc1ccc2c(c1)[C@@]13CCCC[C@H]1[C@@H](C2)NCC3. The lowest BCUT2D eigenvalue weighted by Gasteiger charge is -2.56. The van der Waals surface area contributed by atoms with Crippen LogP contribution in [0.2, 0.25) is 0 Å². The number of piperidine rings is 1. The molecule has 1 saturated heterocycles. The molecule has 2 fully saturated rings. The molecular weight excluding hydrogens is 232 g/mol. The zero-order valence-corrected chi connectivity index (χ0v) is 11.8. The van der Waals surface area contributed by atoms with Gasteiger partial charge in [-0.05, 0) is 61.4 Å². The summed E-state index contributed by atoms with van der Waals surface area (Å²) in [7, 11) is 2.03. The monoisotopic (exact) mass is 256 g/mol. The van der Waals surface area contributed by atoms with Crippen molar-refractivity contribution in [1.29, 1.82) is 0 Å². The molecule has 102 valence electrons. The Morgan fingerprint density at radius 1 is 1.26 bits per heavy atom. The smallest absolute Gasteiger partial charge is 0.0340 e. The van der Waals surface area contributed by atoms with Crippen LogP contribution in [0.1, 0.15) is 43.2 Å². The van der Waals surface area contributed by atoms with Crippen LogP contribution in [0.5, 0.6) is 0 Å². The highest BCUT2D eigenvalue weighted by Gasteiger charge is 2.51.